The van der Waals surface area contributed by atoms with E-state index in [1.807, 2.05) is 0 Å². The largest absolute Gasteiger partial charge is 0.508 e. The summed E-state index contributed by atoms with van der Waals surface area (Å²) < 4.78 is 16.2. The van der Waals surface area contributed by atoms with E-state index in [2.05, 4.69) is 5.32 Å². The zero-order valence-electron chi connectivity index (χ0n) is 13.3. The first-order valence-corrected chi connectivity index (χ1v) is 7.32. The molecule has 0 saturated carbocycles. The van der Waals surface area contributed by atoms with Gasteiger partial charge in [-0.15, -0.1) is 0 Å². The summed E-state index contributed by atoms with van der Waals surface area (Å²) >= 11 is 0. The Morgan fingerprint density at radius 3 is 2.35 bits per heavy atom. The standard InChI is InChI=1S/C15H25NO7/c1-10(22-12-5-3-11(18)4-6-12)13(9-17)23-15(14(19)20)21-8-7-16-2/h3-6,10,13-20H,7-9H2,1-2H3. The van der Waals surface area contributed by atoms with Crippen LogP contribution in [0, 0.1) is 0 Å². The number of hydrogen-bond donors (Lipinski definition) is 5. The summed E-state index contributed by atoms with van der Waals surface area (Å²) in [5, 5.41) is 40.1. The molecule has 23 heavy (non-hydrogen) atoms. The minimum atomic E-state index is -1.85. The fraction of sp³-hybridized carbons (Fsp3) is 0.600. The molecule has 1 aromatic carbocycles. The average molecular weight is 331 g/mol. The van der Waals surface area contributed by atoms with E-state index in [9.17, 15) is 20.4 Å². The number of phenols is 1. The third kappa shape index (κ3) is 7.12. The number of aromatic hydroxyl groups is 1. The molecular formula is C15H25NO7. The van der Waals surface area contributed by atoms with Crippen molar-refractivity contribution in [3.8, 4) is 11.5 Å². The highest BCUT2D eigenvalue weighted by Gasteiger charge is 2.27. The molecule has 1 aromatic rings. The van der Waals surface area contributed by atoms with E-state index in [4.69, 9.17) is 14.2 Å². The summed E-state index contributed by atoms with van der Waals surface area (Å²) in [6.07, 6.45) is -4.56. The second-order valence-electron chi connectivity index (χ2n) is 4.93. The highest BCUT2D eigenvalue weighted by Crippen LogP contribution is 2.19. The maximum atomic E-state index is 9.44. The maximum Gasteiger partial charge on any atom is 0.209 e. The molecular weight excluding hydrogens is 306 g/mol. The van der Waals surface area contributed by atoms with Crippen molar-refractivity contribution in [3.05, 3.63) is 24.3 Å². The third-order valence-corrected chi connectivity index (χ3v) is 3.05. The number of rotatable bonds is 11. The Morgan fingerprint density at radius 1 is 1.17 bits per heavy atom. The van der Waals surface area contributed by atoms with Crippen LogP contribution in [-0.2, 0) is 9.47 Å². The molecule has 0 aliphatic carbocycles. The molecule has 0 saturated heterocycles. The van der Waals surface area contributed by atoms with Crippen molar-refractivity contribution in [2.75, 3.05) is 26.8 Å². The quantitative estimate of drug-likeness (QED) is 0.269. The van der Waals surface area contributed by atoms with Crippen LogP contribution in [-0.4, -0.2) is 72.0 Å². The number of aliphatic hydroxyl groups is 3. The monoisotopic (exact) mass is 331 g/mol. The first kappa shape index (κ1) is 19.6. The van der Waals surface area contributed by atoms with Crippen molar-refractivity contribution < 1.29 is 34.6 Å². The molecule has 0 amide bonds. The van der Waals surface area contributed by atoms with Crippen molar-refractivity contribution in [2.45, 2.75) is 31.7 Å². The Labute approximate surface area is 135 Å². The Kier molecular flexibility index (Phi) is 8.85. The summed E-state index contributed by atoms with van der Waals surface area (Å²) in [5.74, 6) is 0.593. The molecule has 8 heteroatoms. The summed E-state index contributed by atoms with van der Waals surface area (Å²) in [4.78, 5) is 0. The Balaban J connectivity index is 2.59. The molecule has 8 nitrogen and oxygen atoms in total. The lowest BCUT2D eigenvalue weighted by Crippen LogP contribution is -2.43. The molecule has 0 bridgehead atoms. The van der Waals surface area contributed by atoms with Gasteiger partial charge in [-0.3, -0.25) is 0 Å². The van der Waals surface area contributed by atoms with Gasteiger partial charge < -0.3 is 40.0 Å². The molecule has 1 rings (SSSR count). The predicted octanol–water partition coefficient (Wildman–Crippen LogP) is -0.590. The van der Waals surface area contributed by atoms with E-state index in [1.165, 1.54) is 12.1 Å². The number of hydrogen-bond acceptors (Lipinski definition) is 8. The van der Waals surface area contributed by atoms with Gasteiger partial charge in [0.05, 0.1) is 13.2 Å². The van der Waals surface area contributed by atoms with Crippen LogP contribution in [0.1, 0.15) is 6.92 Å². The van der Waals surface area contributed by atoms with Gasteiger partial charge in [0.1, 0.15) is 23.7 Å². The van der Waals surface area contributed by atoms with Crippen molar-refractivity contribution in [1.82, 2.24) is 5.32 Å². The summed E-state index contributed by atoms with van der Waals surface area (Å²) in [6.45, 7) is 2.00. The van der Waals surface area contributed by atoms with Crippen molar-refractivity contribution in [1.29, 1.82) is 0 Å². The maximum absolute atomic E-state index is 9.44. The molecule has 132 valence electrons. The van der Waals surface area contributed by atoms with Crippen molar-refractivity contribution >= 4 is 0 Å². The lowest BCUT2D eigenvalue weighted by Gasteiger charge is -2.29. The molecule has 0 heterocycles. The summed E-state index contributed by atoms with van der Waals surface area (Å²) in [6, 6.07) is 6.08. The zero-order chi connectivity index (χ0) is 17.2. The van der Waals surface area contributed by atoms with E-state index < -0.39 is 31.4 Å². The van der Waals surface area contributed by atoms with Gasteiger partial charge in [0.2, 0.25) is 12.6 Å². The fourth-order valence-corrected chi connectivity index (χ4v) is 1.76. The third-order valence-electron chi connectivity index (χ3n) is 3.05. The summed E-state index contributed by atoms with van der Waals surface area (Å²) in [5.41, 5.74) is 0. The highest BCUT2D eigenvalue weighted by molar-refractivity contribution is 5.30. The Hall–Kier alpha value is -1.42. The predicted molar refractivity (Wildman–Crippen MR) is 82.0 cm³/mol. The minimum Gasteiger partial charge on any atom is -0.508 e. The zero-order valence-corrected chi connectivity index (χ0v) is 13.3. The topological polar surface area (TPSA) is 121 Å². The second-order valence-corrected chi connectivity index (χ2v) is 4.93. The number of aliphatic hydroxyl groups excluding tert-OH is 2. The molecule has 0 radical (unpaired) electrons. The smallest absolute Gasteiger partial charge is 0.209 e. The van der Waals surface area contributed by atoms with Crippen LogP contribution in [0.4, 0.5) is 0 Å². The number of benzene rings is 1. The lowest BCUT2D eigenvalue weighted by atomic mass is 10.2. The molecule has 5 N–H and O–H groups in total. The van der Waals surface area contributed by atoms with Crippen LogP contribution in [0.2, 0.25) is 0 Å². The first-order valence-electron chi connectivity index (χ1n) is 7.32. The van der Waals surface area contributed by atoms with E-state index in [-0.39, 0.29) is 12.4 Å². The number of nitrogens with one attached hydrogen (secondary N) is 1. The SMILES string of the molecule is CNCCOC(OC(CO)C(C)Oc1ccc(O)cc1)C(O)O. The summed E-state index contributed by atoms with van der Waals surface area (Å²) in [7, 11) is 1.73. The second kappa shape index (κ2) is 10.4. The van der Waals surface area contributed by atoms with Gasteiger partial charge in [0.15, 0.2) is 0 Å². The molecule has 3 unspecified atom stereocenters. The van der Waals surface area contributed by atoms with Gasteiger partial charge in [-0.05, 0) is 38.2 Å². The van der Waals surface area contributed by atoms with Crippen molar-refractivity contribution in [3.63, 3.8) is 0 Å². The Morgan fingerprint density at radius 2 is 1.83 bits per heavy atom. The highest BCUT2D eigenvalue weighted by atomic mass is 16.7. The van der Waals surface area contributed by atoms with Crippen LogP contribution < -0.4 is 10.1 Å². The van der Waals surface area contributed by atoms with Gasteiger partial charge in [-0.1, -0.05) is 0 Å². The van der Waals surface area contributed by atoms with Gasteiger partial charge in [-0.25, -0.2) is 0 Å². The van der Waals surface area contributed by atoms with Gasteiger partial charge in [0, 0.05) is 6.54 Å². The average Bonchev–Trinajstić information content (AvgIpc) is 2.52. The molecule has 0 aliphatic heterocycles. The number of likely N-dealkylation sites (N-methyl/N-ethyl adjacent to an activating group) is 1. The van der Waals surface area contributed by atoms with Gasteiger partial charge in [0.25, 0.3) is 0 Å². The molecule has 0 aromatic heterocycles. The minimum absolute atomic E-state index is 0.112. The molecule has 0 aliphatic rings. The lowest BCUT2D eigenvalue weighted by molar-refractivity contribution is -0.278. The van der Waals surface area contributed by atoms with Crippen LogP contribution in [0.3, 0.4) is 0 Å². The molecule has 0 fully saturated rings. The first-order chi connectivity index (χ1) is 11.0. The Bertz CT molecular complexity index is 426. The molecule has 0 spiro atoms. The van der Waals surface area contributed by atoms with Crippen molar-refractivity contribution in [2.24, 2.45) is 0 Å². The van der Waals surface area contributed by atoms with Crippen LogP contribution in [0.15, 0.2) is 24.3 Å². The van der Waals surface area contributed by atoms with Crippen LogP contribution >= 0.6 is 0 Å². The van der Waals surface area contributed by atoms with Crippen LogP contribution in [0.5, 0.6) is 11.5 Å². The number of phenolic OH excluding ortho intramolecular Hbond substituents is 1. The normalized spacial score (nSPS) is 15.4. The van der Waals surface area contributed by atoms with E-state index in [0.717, 1.165) is 0 Å². The van der Waals surface area contributed by atoms with E-state index in [0.29, 0.717) is 12.3 Å². The van der Waals surface area contributed by atoms with Gasteiger partial charge >= 0.3 is 0 Å². The molecule has 3 atom stereocenters. The van der Waals surface area contributed by atoms with E-state index in [1.54, 1.807) is 26.1 Å². The fourth-order valence-electron chi connectivity index (χ4n) is 1.76. The van der Waals surface area contributed by atoms with E-state index >= 15 is 0 Å². The van der Waals surface area contributed by atoms with Gasteiger partial charge in [-0.2, -0.15) is 0 Å². The number of ether oxygens (including phenoxy) is 3. The van der Waals surface area contributed by atoms with Crippen LogP contribution in [0.25, 0.3) is 0 Å².